The molecule has 4 aromatic rings. The first-order chi connectivity index (χ1) is 26.4. The maximum Gasteiger partial charge on any atom is 0.410 e. The smallest absolute Gasteiger partial charge is 0.410 e. The number of hydrogen-bond acceptors (Lipinski definition) is 11. The lowest BCUT2D eigenvalue weighted by Crippen LogP contribution is -2.49. The van der Waals surface area contributed by atoms with E-state index in [0.717, 1.165) is 66.2 Å². The minimum atomic E-state index is -0.516. The average molecular weight is 755 g/mol. The summed E-state index contributed by atoms with van der Waals surface area (Å²) in [5, 5.41) is 12.9. The number of aromatic nitrogens is 2. The highest BCUT2D eigenvalue weighted by Crippen LogP contribution is 2.34. The number of hydrogen-bond donors (Lipinski definition) is 0. The van der Waals surface area contributed by atoms with Crippen LogP contribution in [0.15, 0.2) is 72.8 Å². The molecule has 0 aliphatic carbocycles. The monoisotopic (exact) mass is 754 g/mol. The zero-order valence-electron chi connectivity index (χ0n) is 33.0. The number of rotatable bonds is 17. The summed E-state index contributed by atoms with van der Waals surface area (Å²) in [7, 11) is 3.23. The van der Waals surface area contributed by atoms with Gasteiger partial charge in [0.15, 0.2) is 0 Å². The molecule has 1 fully saturated rings. The normalized spacial score (nSPS) is 13.3. The van der Waals surface area contributed by atoms with Crippen molar-refractivity contribution in [2.75, 3.05) is 51.9 Å². The molecule has 2 heterocycles. The lowest BCUT2D eigenvalue weighted by atomic mass is 10.0. The van der Waals surface area contributed by atoms with E-state index in [2.05, 4.69) is 41.1 Å². The van der Waals surface area contributed by atoms with Crippen LogP contribution in [0.4, 0.5) is 16.3 Å². The second-order valence-electron chi connectivity index (χ2n) is 14.7. The highest BCUT2D eigenvalue weighted by Gasteiger charge is 2.30. The maximum absolute atomic E-state index is 12.9. The summed E-state index contributed by atoms with van der Waals surface area (Å²) in [6, 6.07) is 23.7. The zero-order valence-corrected chi connectivity index (χ0v) is 33.0. The van der Waals surface area contributed by atoms with E-state index < -0.39 is 5.60 Å². The van der Waals surface area contributed by atoms with Crippen LogP contribution >= 0.6 is 0 Å². The van der Waals surface area contributed by atoms with Crippen LogP contribution in [0.2, 0.25) is 0 Å². The fourth-order valence-electron chi connectivity index (χ4n) is 6.28. The molecule has 0 unspecified atom stereocenters. The van der Waals surface area contributed by atoms with Crippen LogP contribution in [0.3, 0.4) is 0 Å². The Hall–Kier alpha value is -5.43. The molecule has 0 saturated carbocycles. The lowest BCUT2D eigenvalue weighted by Gasteiger charge is -2.35. The van der Waals surface area contributed by atoms with Crippen LogP contribution < -0.4 is 19.1 Å². The number of aryl methyl sites for hydroxylation is 2. The maximum atomic E-state index is 12.9. The molecule has 5 rings (SSSR count). The van der Waals surface area contributed by atoms with Crippen molar-refractivity contribution >= 4 is 17.6 Å². The predicted molar refractivity (Wildman–Crippen MR) is 212 cm³/mol. The summed E-state index contributed by atoms with van der Waals surface area (Å²) in [5.41, 5.74) is 3.73. The topological polar surface area (TPSA) is 133 Å². The summed E-state index contributed by atoms with van der Waals surface area (Å²) in [6.45, 7) is 12.3. The van der Waals surface area contributed by atoms with E-state index in [-0.39, 0.29) is 28.5 Å². The summed E-state index contributed by atoms with van der Waals surface area (Å²) in [4.78, 5) is 40.4. The summed E-state index contributed by atoms with van der Waals surface area (Å²) in [5.74, 6) is 1.65. The quantitative estimate of drug-likeness (QED) is 0.0599. The second kappa shape index (κ2) is 19.2. The molecular formula is C42H54N6O7. The highest BCUT2D eigenvalue weighted by atomic mass is 16.6. The molecule has 1 aliphatic rings. The predicted octanol–water partition coefficient (Wildman–Crippen LogP) is 7.63. The standard InChI is InChI=1S/C42H54N6O7/c1-7-8-27-54-40-43-37(22-17-31-9-11-32(12-10-31)28-45-23-25-46(26-24-45)41(49)55-42(2,3)4)38(48(50)51)39(44-40)47(29-33-13-18-35(52-5)19-14-33)30-34-15-20-36(53-6)21-16-34/h9-16,18-21H,7-8,17,22-30H2,1-6H3. The van der Waals surface area contributed by atoms with Crippen molar-refractivity contribution in [2.24, 2.45) is 0 Å². The van der Waals surface area contributed by atoms with E-state index in [9.17, 15) is 14.9 Å². The van der Waals surface area contributed by atoms with E-state index in [4.69, 9.17) is 23.9 Å². The molecule has 0 radical (unpaired) electrons. The second-order valence-corrected chi connectivity index (χ2v) is 14.7. The first-order valence-corrected chi connectivity index (χ1v) is 18.9. The Morgan fingerprint density at radius 3 is 1.85 bits per heavy atom. The summed E-state index contributed by atoms with van der Waals surface area (Å²) in [6.07, 6.45) is 2.32. The molecule has 0 N–H and O–H groups in total. The third-order valence-electron chi connectivity index (χ3n) is 9.30. The van der Waals surface area contributed by atoms with Crippen molar-refractivity contribution in [3.8, 4) is 17.5 Å². The number of nitrogens with zero attached hydrogens (tertiary/aromatic N) is 6. The van der Waals surface area contributed by atoms with Crippen molar-refractivity contribution < 1.29 is 28.7 Å². The average Bonchev–Trinajstić information content (AvgIpc) is 3.17. The minimum absolute atomic E-state index is 0.126. The number of amides is 1. The molecule has 13 heteroatoms. The van der Waals surface area contributed by atoms with Crippen LogP contribution in [0.1, 0.15) is 68.5 Å². The first kappa shape index (κ1) is 40.7. The van der Waals surface area contributed by atoms with Gasteiger partial charge in [-0.15, -0.1) is 0 Å². The zero-order chi connectivity index (χ0) is 39.4. The molecule has 0 spiro atoms. The van der Waals surface area contributed by atoms with Crippen molar-refractivity contribution in [3.63, 3.8) is 0 Å². The number of benzene rings is 3. The summed E-state index contributed by atoms with van der Waals surface area (Å²) >= 11 is 0. The number of anilines is 1. The van der Waals surface area contributed by atoms with Crippen molar-refractivity contribution in [2.45, 2.75) is 78.6 Å². The van der Waals surface area contributed by atoms with Crippen molar-refractivity contribution in [1.82, 2.24) is 19.8 Å². The Morgan fingerprint density at radius 2 is 1.35 bits per heavy atom. The molecule has 0 bridgehead atoms. The Morgan fingerprint density at radius 1 is 0.800 bits per heavy atom. The van der Waals surface area contributed by atoms with Gasteiger partial charge in [0.05, 0.1) is 25.7 Å². The Kier molecular flexibility index (Phi) is 14.3. The lowest BCUT2D eigenvalue weighted by molar-refractivity contribution is -0.385. The minimum Gasteiger partial charge on any atom is -0.497 e. The molecule has 294 valence electrons. The fourth-order valence-corrected chi connectivity index (χ4v) is 6.28. The van der Waals surface area contributed by atoms with Crippen LogP contribution in [0.25, 0.3) is 0 Å². The van der Waals surface area contributed by atoms with Crippen LogP contribution in [-0.4, -0.2) is 83.4 Å². The largest absolute Gasteiger partial charge is 0.497 e. The van der Waals surface area contributed by atoms with E-state index in [1.54, 1.807) is 19.1 Å². The van der Waals surface area contributed by atoms with Gasteiger partial charge in [0.2, 0.25) is 5.82 Å². The van der Waals surface area contributed by atoms with Crippen LogP contribution in [0, 0.1) is 10.1 Å². The number of ether oxygens (including phenoxy) is 4. The van der Waals surface area contributed by atoms with Crippen molar-refractivity contribution in [3.05, 3.63) is 111 Å². The number of unbranched alkanes of at least 4 members (excludes halogenated alkanes) is 1. The van der Waals surface area contributed by atoms with E-state index in [0.29, 0.717) is 51.3 Å². The Labute approximate surface area is 324 Å². The van der Waals surface area contributed by atoms with Gasteiger partial charge >= 0.3 is 17.8 Å². The Bertz CT molecular complexity index is 1790. The van der Waals surface area contributed by atoms with E-state index in [1.165, 1.54) is 0 Å². The molecule has 1 aromatic heterocycles. The van der Waals surface area contributed by atoms with Gasteiger partial charge in [0.1, 0.15) is 22.8 Å². The molecule has 0 atom stereocenters. The van der Waals surface area contributed by atoms with Gasteiger partial charge in [0, 0.05) is 52.2 Å². The third kappa shape index (κ3) is 12.0. The molecule has 1 amide bonds. The van der Waals surface area contributed by atoms with Crippen LogP contribution in [-0.2, 0) is 37.2 Å². The number of methoxy groups -OCH3 is 2. The van der Waals surface area contributed by atoms with Gasteiger partial charge < -0.3 is 28.7 Å². The number of carbonyl (C=O) groups excluding carboxylic acids is 1. The van der Waals surface area contributed by atoms with Gasteiger partial charge in [-0.1, -0.05) is 61.9 Å². The van der Waals surface area contributed by atoms with Crippen LogP contribution in [0.5, 0.6) is 17.5 Å². The fraction of sp³-hybridized carbons (Fsp3) is 0.452. The SMILES string of the molecule is CCCCOc1nc(CCc2ccc(CN3CCN(C(=O)OC(C)(C)C)CC3)cc2)c([N+](=O)[O-])c(N(Cc2ccc(OC)cc2)Cc2ccc(OC)cc2)n1. The third-order valence-corrected chi connectivity index (χ3v) is 9.30. The van der Waals surface area contributed by atoms with Gasteiger partial charge in [0.25, 0.3) is 0 Å². The molecular weight excluding hydrogens is 700 g/mol. The Balaban J connectivity index is 1.36. The number of nitro groups is 1. The summed E-state index contributed by atoms with van der Waals surface area (Å²) < 4.78 is 22.3. The molecule has 55 heavy (non-hydrogen) atoms. The highest BCUT2D eigenvalue weighted by molar-refractivity contribution is 5.68. The molecule has 13 nitrogen and oxygen atoms in total. The first-order valence-electron chi connectivity index (χ1n) is 18.9. The molecule has 3 aromatic carbocycles. The van der Waals surface area contributed by atoms with Gasteiger partial charge in [-0.3, -0.25) is 15.0 Å². The van der Waals surface area contributed by atoms with Gasteiger partial charge in [-0.05, 0) is 80.1 Å². The number of piperazine rings is 1. The van der Waals surface area contributed by atoms with E-state index in [1.807, 2.05) is 74.2 Å². The molecule has 1 saturated heterocycles. The van der Waals surface area contributed by atoms with Gasteiger partial charge in [-0.2, -0.15) is 9.97 Å². The van der Waals surface area contributed by atoms with E-state index >= 15 is 0 Å². The number of carbonyl (C=O) groups is 1. The molecule has 1 aliphatic heterocycles. The van der Waals surface area contributed by atoms with Gasteiger partial charge in [-0.25, -0.2) is 4.79 Å². The van der Waals surface area contributed by atoms with Crippen molar-refractivity contribution in [1.29, 1.82) is 0 Å².